The highest BCUT2D eigenvalue weighted by Gasteiger charge is 2.18. The number of amides is 2. The fourth-order valence-corrected chi connectivity index (χ4v) is 3.28. The lowest BCUT2D eigenvalue weighted by Gasteiger charge is -2.30. The molecule has 0 aromatic heterocycles. The molecule has 5 nitrogen and oxygen atoms in total. The van der Waals surface area contributed by atoms with Crippen LogP contribution < -0.4 is 10.6 Å². The number of carbonyl (C=O) groups is 1. The van der Waals surface area contributed by atoms with E-state index in [1.54, 1.807) is 0 Å². The van der Waals surface area contributed by atoms with E-state index >= 15 is 0 Å². The SMILES string of the molecule is CC(CN1CCCCC1)NC(=O)NC(CN(C)C)c1ccccc1. The topological polar surface area (TPSA) is 47.6 Å². The molecule has 1 aliphatic heterocycles. The smallest absolute Gasteiger partial charge is 0.315 e. The quantitative estimate of drug-likeness (QED) is 0.806. The van der Waals surface area contributed by atoms with Crippen LogP contribution in [0.15, 0.2) is 30.3 Å². The molecular formula is C19H32N4O. The summed E-state index contributed by atoms with van der Waals surface area (Å²) in [5, 5.41) is 6.21. The predicted molar refractivity (Wildman–Crippen MR) is 99.2 cm³/mol. The normalized spacial score (nSPS) is 18.2. The number of likely N-dealkylation sites (N-methyl/N-ethyl adjacent to an activating group) is 1. The standard InChI is InChI=1S/C19H32N4O/c1-16(14-23-12-8-5-9-13-23)20-19(24)21-18(15-22(2)3)17-10-6-4-7-11-17/h4,6-7,10-11,16,18H,5,8-9,12-15H2,1-3H3,(H2,20,21,24). The van der Waals surface area contributed by atoms with Crippen molar-refractivity contribution in [3.8, 4) is 0 Å². The molecule has 0 aliphatic carbocycles. The number of nitrogens with one attached hydrogen (secondary N) is 2. The molecule has 2 atom stereocenters. The third-order valence-corrected chi connectivity index (χ3v) is 4.41. The van der Waals surface area contributed by atoms with Crippen molar-refractivity contribution in [3.63, 3.8) is 0 Å². The van der Waals surface area contributed by atoms with Crippen molar-refractivity contribution < 1.29 is 4.79 Å². The van der Waals surface area contributed by atoms with Crippen LogP contribution in [0.1, 0.15) is 37.8 Å². The molecule has 134 valence electrons. The first-order valence-electron chi connectivity index (χ1n) is 9.03. The van der Waals surface area contributed by atoms with E-state index in [4.69, 9.17) is 0 Å². The van der Waals surface area contributed by atoms with E-state index in [-0.39, 0.29) is 18.1 Å². The fraction of sp³-hybridized carbons (Fsp3) is 0.632. The Morgan fingerprint density at radius 2 is 1.79 bits per heavy atom. The minimum atomic E-state index is -0.0878. The number of hydrogen-bond acceptors (Lipinski definition) is 3. The van der Waals surface area contributed by atoms with Crippen molar-refractivity contribution >= 4 is 6.03 Å². The van der Waals surface area contributed by atoms with E-state index in [1.165, 1.54) is 19.3 Å². The van der Waals surface area contributed by atoms with Crippen LogP contribution in [0, 0.1) is 0 Å². The van der Waals surface area contributed by atoms with Gasteiger partial charge in [0.2, 0.25) is 0 Å². The molecule has 2 rings (SSSR count). The summed E-state index contributed by atoms with van der Waals surface area (Å²) in [4.78, 5) is 16.9. The molecule has 1 aromatic carbocycles. The van der Waals surface area contributed by atoms with Gasteiger partial charge in [-0.1, -0.05) is 36.8 Å². The molecule has 2 unspecified atom stereocenters. The molecule has 0 bridgehead atoms. The fourth-order valence-electron chi connectivity index (χ4n) is 3.28. The second-order valence-corrected chi connectivity index (χ2v) is 7.11. The molecular weight excluding hydrogens is 300 g/mol. The summed E-state index contributed by atoms with van der Waals surface area (Å²) in [6.07, 6.45) is 3.89. The third kappa shape index (κ3) is 6.49. The van der Waals surface area contributed by atoms with Crippen molar-refractivity contribution in [1.29, 1.82) is 0 Å². The lowest BCUT2D eigenvalue weighted by molar-refractivity contribution is 0.200. The zero-order chi connectivity index (χ0) is 17.4. The summed E-state index contributed by atoms with van der Waals surface area (Å²) < 4.78 is 0. The average molecular weight is 332 g/mol. The van der Waals surface area contributed by atoms with Crippen LogP contribution in [-0.4, -0.2) is 62.1 Å². The minimum absolute atomic E-state index is 0.0108. The van der Waals surface area contributed by atoms with Gasteiger partial charge in [0.1, 0.15) is 0 Å². The molecule has 1 aromatic rings. The van der Waals surface area contributed by atoms with Gasteiger partial charge in [0.25, 0.3) is 0 Å². The number of rotatable bonds is 7. The number of hydrogen-bond donors (Lipinski definition) is 2. The van der Waals surface area contributed by atoms with Crippen molar-refractivity contribution in [1.82, 2.24) is 20.4 Å². The Hall–Kier alpha value is -1.59. The zero-order valence-electron chi connectivity index (χ0n) is 15.3. The Labute approximate surface area is 146 Å². The molecule has 1 heterocycles. The first kappa shape index (κ1) is 18.7. The maximum Gasteiger partial charge on any atom is 0.315 e. The Balaban J connectivity index is 1.85. The number of piperidine rings is 1. The molecule has 2 amide bonds. The Morgan fingerprint density at radius 1 is 1.12 bits per heavy atom. The maximum absolute atomic E-state index is 12.4. The molecule has 1 fully saturated rings. The van der Waals surface area contributed by atoms with Gasteiger partial charge in [-0.05, 0) is 52.5 Å². The molecule has 0 saturated carbocycles. The monoisotopic (exact) mass is 332 g/mol. The molecule has 2 N–H and O–H groups in total. The summed E-state index contributed by atoms with van der Waals surface area (Å²) >= 11 is 0. The van der Waals surface area contributed by atoms with E-state index in [2.05, 4.69) is 39.5 Å². The number of urea groups is 1. The summed E-state index contributed by atoms with van der Waals surface area (Å²) in [6, 6.07) is 10.2. The van der Waals surface area contributed by atoms with Crippen molar-refractivity contribution in [2.75, 3.05) is 40.3 Å². The predicted octanol–water partition coefficient (Wildman–Crippen LogP) is 2.46. The van der Waals surface area contributed by atoms with Crippen LogP contribution in [0.5, 0.6) is 0 Å². The van der Waals surface area contributed by atoms with Gasteiger partial charge in [-0.15, -0.1) is 0 Å². The number of benzene rings is 1. The largest absolute Gasteiger partial charge is 0.334 e. The zero-order valence-corrected chi connectivity index (χ0v) is 15.3. The van der Waals surface area contributed by atoms with E-state index < -0.39 is 0 Å². The molecule has 0 spiro atoms. The lowest BCUT2D eigenvalue weighted by atomic mass is 10.1. The van der Waals surface area contributed by atoms with Crippen molar-refractivity contribution in [2.45, 2.75) is 38.3 Å². The molecule has 5 heteroatoms. The second kappa shape index (κ2) is 9.64. The first-order chi connectivity index (χ1) is 11.5. The Kier molecular flexibility index (Phi) is 7.53. The van der Waals surface area contributed by atoms with E-state index in [0.717, 1.165) is 31.7 Å². The summed E-state index contributed by atoms with van der Waals surface area (Å²) in [5.74, 6) is 0. The van der Waals surface area contributed by atoms with Crippen LogP contribution in [-0.2, 0) is 0 Å². The number of carbonyl (C=O) groups excluding carboxylic acids is 1. The number of likely N-dealkylation sites (tertiary alicyclic amines) is 1. The lowest BCUT2D eigenvalue weighted by Crippen LogP contribution is -2.48. The summed E-state index contributed by atoms with van der Waals surface area (Å²) in [6.45, 7) is 6.09. The molecule has 1 saturated heterocycles. The first-order valence-corrected chi connectivity index (χ1v) is 9.03. The average Bonchev–Trinajstić information content (AvgIpc) is 2.55. The van der Waals surface area contributed by atoms with Gasteiger partial charge < -0.3 is 20.4 Å². The Bertz CT molecular complexity index is 485. The van der Waals surface area contributed by atoms with Gasteiger partial charge in [-0.2, -0.15) is 0 Å². The molecule has 24 heavy (non-hydrogen) atoms. The van der Waals surface area contributed by atoms with Gasteiger partial charge in [0.15, 0.2) is 0 Å². The highest BCUT2D eigenvalue weighted by atomic mass is 16.2. The van der Waals surface area contributed by atoms with Crippen molar-refractivity contribution in [3.05, 3.63) is 35.9 Å². The van der Waals surface area contributed by atoms with E-state index in [1.807, 2.05) is 32.3 Å². The minimum Gasteiger partial charge on any atom is -0.334 e. The second-order valence-electron chi connectivity index (χ2n) is 7.11. The van der Waals surface area contributed by atoms with Gasteiger partial charge in [-0.25, -0.2) is 4.79 Å². The van der Waals surface area contributed by atoms with Crippen LogP contribution in [0.2, 0.25) is 0 Å². The van der Waals surface area contributed by atoms with E-state index in [9.17, 15) is 4.79 Å². The van der Waals surface area contributed by atoms with Gasteiger partial charge >= 0.3 is 6.03 Å². The highest BCUT2D eigenvalue weighted by molar-refractivity contribution is 5.74. The van der Waals surface area contributed by atoms with Crippen molar-refractivity contribution in [2.24, 2.45) is 0 Å². The van der Waals surface area contributed by atoms with Gasteiger partial charge in [0, 0.05) is 19.1 Å². The third-order valence-electron chi connectivity index (χ3n) is 4.41. The van der Waals surface area contributed by atoms with Crippen LogP contribution in [0.4, 0.5) is 4.79 Å². The molecule has 1 aliphatic rings. The van der Waals surface area contributed by atoms with Gasteiger partial charge in [0.05, 0.1) is 6.04 Å². The van der Waals surface area contributed by atoms with Crippen LogP contribution >= 0.6 is 0 Å². The summed E-state index contributed by atoms with van der Waals surface area (Å²) in [7, 11) is 4.04. The molecule has 0 radical (unpaired) electrons. The van der Waals surface area contributed by atoms with Crippen LogP contribution in [0.3, 0.4) is 0 Å². The van der Waals surface area contributed by atoms with Gasteiger partial charge in [-0.3, -0.25) is 0 Å². The summed E-state index contributed by atoms with van der Waals surface area (Å²) in [5.41, 5.74) is 1.13. The highest BCUT2D eigenvalue weighted by Crippen LogP contribution is 2.13. The maximum atomic E-state index is 12.4. The Morgan fingerprint density at radius 3 is 2.42 bits per heavy atom. The van der Waals surface area contributed by atoms with Crippen LogP contribution in [0.25, 0.3) is 0 Å². The number of nitrogens with zero attached hydrogens (tertiary/aromatic N) is 2. The van der Waals surface area contributed by atoms with E-state index in [0.29, 0.717) is 0 Å².